The van der Waals surface area contributed by atoms with E-state index < -0.39 is 0 Å². The third-order valence-corrected chi connectivity index (χ3v) is 7.53. The normalized spacial score (nSPS) is 12.1. The quantitative estimate of drug-likeness (QED) is 0.173. The van der Waals surface area contributed by atoms with Gasteiger partial charge in [-0.15, -0.1) is 0 Å². The Bertz CT molecular complexity index is 1980. The molecule has 2 heterocycles. The Hall–Kier alpha value is -5.08. The summed E-state index contributed by atoms with van der Waals surface area (Å²) in [7, 11) is 0. The third-order valence-electron chi connectivity index (χ3n) is 7.53. The largest absolute Gasteiger partial charge is 0.253 e. The predicted molar refractivity (Wildman–Crippen MR) is 172 cm³/mol. The lowest BCUT2D eigenvalue weighted by Crippen LogP contribution is -1.84. The molecule has 0 radical (unpaired) electrons. The van der Waals surface area contributed by atoms with Crippen molar-refractivity contribution >= 4 is 67.7 Å². The Balaban J connectivity index is 1.14. The molecule has 0 saturated heterocycles. The molecular formula is C38H28N2. The van der Waals surface area contributed by atoms with Crippen LogP contribution in [-0.2, 0) is 0 Å². The molecule has 2 heteroatoms. The summed E-state index contributed by atoms with van der Waals surface area (Å²) in [5.41, 5.74) is 8.89. The number of nitrogens with zero attached hydrogens (tertiary/aromatic N) is 2. The highest BCUT2D eigenvalue weighted by Gasteiger charge is 2.03. The molecule has 2 nitrogen and oxygen atoms in total. The van der Waals surface area contributed by atoms with E-state index in [2.05, 4.69) is 143 Å². The van der Waals surface area contributed by atoms with E-state index in [1.807, 2.05) is 13.8 Å². The topological polar surface area (TPSA) is 25.8 Å². The fourth-order valence-corrected chi connectivity index (χ4v) is 5.40. The molecule has 0 aliphatic rings. The maximum absolute atomic E-state index is 4.61. The summed E-state index contributed by atoms with van der Waals surface area (Å²) in [5.74, 6) is 0. The van der Waals surface area contributed by atoms with Crippen LogP contribution < -0.4 is 0 Å². The lowest BCUT2D eigenvalue weighted by atomic mass is 9.98. The number of hydrogen-bond donors (Lipinski definition) is 0. The lowest BCUT2D eigenvalue weighted by Gasteiger charge is -2.07. The predicted octanol–water partition coefficient (Wildman–Crippen LogP) is 10.0. The molecule has 0 aliphatic carbocycles. The number of benzene rings is 5. The van der Waals surface area contributed by atoms with E-state index in [0.717, 1.165) is 33.2 Å². The van der Waals surface area contributed by atoms with Crippen molar-refractivity contribution in [3.05, 3.63) is 143 Å². The van der Waals surface area contributed by atoms with E-state index >= 15 is 0 Å². The highest BCUT2D eigenvalue weighted by atomic mass is 14.7. The molecule has 0 spiro atoms. The summed E-state index contributed by atoms with van der Waals surface area (Å²) in [4.78, 5) is 9.21. The minimum absolute atomic E-state index is 1.04. The lowest BCUT2D eigenvalue weighted by molar-refractivity contribution is 1.25. The van der Waals surface area contributed by atoms with E-state index in [-0.39, 0.29) is 0 Å². The van der Waals surface area contributed by atoms with Gasteiger partial charge >= 0.3 is 0 Å². The zero-order chi connectivity index (χ0) is 27.1. The number of hydrogen-bond acceptors (Lipinski definition) is 2. The maximum Gasteiger partial charge on any atom is 0.0705 e. The van der Waals surface area contributed by atoms with Crippen molar-refractivity contribution in [3.63, 3.8) is 0 Å². The van der Waals surface area contributed by atoms with Crippen LogP contribution in [0, 0.1) is 13.8 Å². The zero-order valence-electron chi connectivity index (χ0n) is 22.6. The summed E-state index contributed by atoms with van der Waals surface area (Å²) in [5, 5.41) is 7.37. The van der Waals surface area contributed by atoms with Crippen molar-refractivity contribution in [2.45, 2.75) is 13.8 Å². The highest BCUT2D eigenvalue weighted by molar-refractivity contribution is 6.08. The molecule has 0 aliphatic heterocycles. The van der Waals surface area contributed by atoms with E-state index in [4.69, 9.17) is 0 Å². The summed E-state index contributed by atoms with van der Waals surface area (Å²) >= 11 is 0. The number of pyridine rings is 2. The number of fused-ring (bicyclic) bond motifs is 5. The van der Waals surface area contributed by atoms with E-state index in [1.165, 1.54) is 43.8 Å². The Morgan fingerprint density at radius 2 is 0.725 bits per heavy atom. The minimum Gasteiger partial charge on any atom is -0.253 e. The van der Waals surface area contributed by atoms with Gasteiger partial charge in [-0.2, -0.15) is 0 Å². The van der Waals surface area contributed by atoms with Gasteiger partial charge in [0.25, 0.3) is 0 Å². The monoisotopic (exact) mass is 512 g/mol. The van der Waals surface area contributed by atoms with Gasteiger partial charge in [-0.05, 0) is 106 Å². The summed E-state index contributed by atoms with van der Waals surface area (Å²) in [6.07, 6.45) is 8.72. The molecule has 0 amide bonds. The third kappa shape index (κ3) is 4.76. The summed E-state index contributed by atoms with van der Waals surface area (Å²) < 4.78 is 0. The second-order valence-corrected chi connectivity index (χ2v) is 10.5. The van der Waals surface area contributed by atoms with Crippen LogP contribution in [0.2, 0.25) is 0 Å². The van der Waals surface area contributed by atoms with Crippen LogP contribution in [0.25, 0.3) is 67.7 Å². The van der Waals surface area contributed by atoms with Gasteiger partial charge in [-0.25, -0.2) is 0 Å². The van der Waals surface area contributed by atoms with Gasteiger partial charge in [0.1, 0.15) is 0 Å². The van der Waals surface area contributed by atoms with Crippen molar-refractivity contribution in [3.8, 4) is 0 Å². The fourth-order valence-electron chi connectivity index (χ4n) is 5.40. The zero-order valence-corrected chi connectivity index (χ0v) is 22.6. The van der Waals surface area contributed by atoms with Gasteiger partial charge in [0, 0.05) is 22.2 Å². The smallest absolute Gasteiger partial charge is 0.0705 e. The van der Waals surface area contributed by atoms with Crippen molar-refractivity contribution in [2.75, 3.05) is 0 Å². The first-order chi connectivity index (χ1) is 19.6. The van der Waals surface area contributed by atoms with E-state index in [0.29, 0.717) is 0 Å². The van der Waals surface area contributed by atoms with Crippen LogP contribution >= 0.6 is 0 Å². The Morgan fingerprint density at radius 1 is 0.375 bits per heavy atom. The first-order valence-electron chi connectivity index (χ1n) is 13.6. The number of rotatable bonds is 4. The molecule has 2 aromatic heterocycles. The SMILES string of the molecule is Cc1ccc2cc(C=Cc3ccc4c(ccc5cc(C=Cc6ccc7nc(C)ccc7c6)ccc54)c3)ccc2n1. The van der Waals surface area contributed by atoms with Crippen LogP contribution in [0.4, 0.5) is 0 Å². The standard InChI is InChI=1S/C38H28N2/c1-25-3-13-33-23-29(11-19-37(33)39-25)7-5-27-9-17-35-31(21-27)15-16-32-22-28(10-18-36(32)35)6-8-30-12-20-38-34(24-30)14-4-26(2)40-38/h3-24H,1-2H3. The van der Waals surface area contributed by atoms with Crippen molar-refractivity contribution in [1.29, 1.82) is 0 Å². The van der Waals surface area contributed by atoms with Crippen LogP contribution in [0.15, 0.2) is 109 Å². The van der Waals surface area contributed by atoms with Crippen LogP contribution in [0.1, 0.15) is 33.6 Å². The second-order valence-electron chi connectivity index (χ2n) is 10.5. The Morgan fingerprint density at radius 3 is 1.15 bits per heavy atom. The van der Waals surface area contributed by atoms with Crippen molar-refractivity contribution in [1.82, 2.24) is 9.97 Å². The van der Waals surface area contributed by atoms with Gasteiger partial charge < -0.3 is 0 Å². The molecule has 0 N–H and O–H groups in total. The first kappa shape index (κ1) is 24.0. The summed E-state index contributed by atoms with van der Waals surface area (Å²) in [6, 6.07) is 39.1. The van der Waals surface area contributed by atoms with Crippen LogP contribution in [0.5, 0.6) is 0 Å². The molecule has 0 atom stereocenters. The molecular weight excluding hydrogens is 484 g/mol. The van der Waals surface area contributed by atoms with E-state index in [1.54, 1.807) is 0 Å². The molecule has 0 saturated carbocycles. The highest BCUT2D eigenvalue weighted by Crippen LogP contribution is 2.28. The van der Waals surface area contributed by atoms with Gasteiger partial charge in [-0.1, -0.05) is 85.0 Å². The van der Waals surface area contributed by atoms with Gasteiger partial charge in [0.15, 0.2) is 0 Å². The molecule has 0 unspecified atom stereocenters. The Kier molecular flexibility index (Phi) is 5.94. The van der Waals surface area contributed by atoms with Crippen LogP contribution in [-0.4, -0.2) is 9.97 Å². The molecule has 0 fully saturated rings. The van der Waals surface area contributed by atoms with Gasteiger partial charge in [-0.3, -0.25) is 9.97 Å². The average molecular weight is 513 g/mol. The van der Waals surface area contributed by atoms with Crippen molar-refractivity contribution < 1.29 is 0 Å². The van der Waals surface area contributed by atoms with Gasteiger partial charge in [0.05, 0.1) is 11.0 Å². The van der Waals surface area contributed by atoms with E-state index in [9.17, 15) is 0 Å². The van der Waals surface area contributed by atoms with Crippen molar-refractivity contribution in [2.24, 2.45) is 0 Å². The first-order valence-corrected chi connectivity index (χ1v) is 13.6. The molecule has 40 heavy (non-hydrogen) atoms. The number of aromatic nitrogens is 2. The number of aryl methyl sites for hydroxylation is 2. The molecule has 190 valence electrons. The average Bonchev–Trinajstić information content (AvgIpc) is 2.98. The maximum atomic E-state index is 4.61. The molecule has 0 bridgehead atoms. The molecule has 7 rings (SSSR count). The van der Waals surface area contributed by atoms with Gasteiger partial charge in [0.2, 0.25) is 0 Å². The fraction of sp³-hybridized carbons (Fsp3) is 0.0526. The molecule has 5 aromatic carbocycles. The van der Waals surface area contributed by atoms with Crippen LogP contribution in [0.3, 0.4) is 0 Å². The molecule has 7 aromatic rings. The Labute approximate surface area is 234 Å². The minimum atomic E-state index is 1.04. The summed E-state index contributed by atoms with van der Waals surface area (Å²) in [6.45, 7) is 4.05. The second kappa shape index (κ2) is 9.91.